The molecule has 1 rings (SSSR count). The summed E-state index contributed by atoms with van der Waals surface area (Å²) in [6, 6.07) is 0. The molecule has 0 aliphatic heterocycles. The first-order valence-electron chi connectivity index (χ1n) is 5.03. The average molecular weight is 241 g/mol. The van der Waals surface area contributed by atoms with Crippen LogP contribution in [-0.4, -0.2) is 45.2 Å². The topological polar surface area (TPSA) is 84.5 Å². The molecule has 94 valence electrons. The lowest BCUT2D eigenvalue weighted by Gasteiger charge is -2.15. The molecule has 17 heavy (non-hydrogen) atoms. The Hall–Kier alpha value is -1.89. The summed E-state index contributed by atoms with van der Waals surface area (Å²) in [4.78, 5) is 36.2. The van der Waals surface area contributed by atoms with Gasteiger partial charge in [-0.25, -0.2) is 4.79 Å². The van der Waals surface area contributed by atoms with E-state index >= 15 is 0 Å². The number of nitrogens with zero attached hydrogens (tertiary/aromatic N) is 3. The van der Waals surface area contributed by atoms with Crippen molar-refractivity contribution in [2.24, 2.45) is 14.1 Å². The molecule has 0 aromatic carbocycles. The minimum Gasteiger partial charge on any atom is -0.395 e. The number of rotatable bonds is 3. The van der Waals surface area contributed by atoms with Crippen molar-refractivity contribution in [1.82, 2.24) is 14.0 Å². The van der Waals surface area contributed by atoms with Gasteiger partial charge in [-0.3, -0.25) is 14.2 Å². The third-order valence-corrected chi connectivity index (χ3v) is 2.46. The molecule has 0 radical (unpaired) electrons. The molecule has 0 aliphatic rings. The molecule has 1 amide bonds. The molecule has 0 atom stereocenters. The lowest BCUT2D eigenvalue weighted by molar-refractivity contribution is 0.0763. The van der Waals surface area contributed by atoms with E-state index in [1.165, 1.54) is 36.8 Å². The van der Waals surface area contributed by atoms with Crippen LogP contribution in [0.5, 0.6) is 0 Å². The Labute approximate surface area is 97.5 Å². The maximum atomic E-state index is 11.9. The van der Waals surface area contributed by atoms with E-state index in [9.17, 15) is 14.4 Å². The maximum Gasteiger partial charge on any atom is 0.330 e. The van der Waals surface area contributed by atoms with Crippen molar-refractivity contribution in [2.75, 3.05) is 20.2 Å². The van der Waals surface area contributed by atoms with Crippen molar-refractivity contribution < 1.29 is 9.90 Å². The number of amides is 1. The standard InChI is InChI=1S/C10H15N3O4/c1-11(4-5-14)8(15)7-6-12(2)10(17)13(3)9(7)16/h6,14H,4-5H2,1-3H3. The Kier molecular flexibility index (Phi) is 3.84. The van der Waals surface area contributed by atoms with Gasteiger partial charge in [-0.2, -0.15) is 0 Å². The van der Waals surface area contributed by atoms with Gasteiger partial charge in [-0.15, -0.1) is 0 Å². The summed E-state index contributed by atoms with van der Waals surface area (Å²) in [6.07, 6.45) is 1.21. The van der Waals surface area contributed by atoms with Crippen molar-refractivity contribution in [3.63, 3.8) is 0 Å². The predicted octanol–water partition coefficient (Wildman–Crippen LogP) is -1.85. The van der Waals surface area contributed by atoms with Crippen LogP contribution in [0.3, 0.4) is 0 Å². The second-order valence-electron chi connectivity index (χ2n) is 3.75. The van der Waals surface area contributed by atoms with E-state index in [0.717, 1.165) is 4.57 Å². The van der Waals surface area contributed by atoms with Crippen LogP contribution in [0.4, 0.5) is 0 Å². The highest BCUT2D eigenvalue weighted by Gasteiger charge is 2.17. The van der Waals surface area contributed by atoms with Gasteiger partial charge in [-0.05, 0) is 0 Å². The van der Waals surface area contributed by atoms with Crippen LogP contribution in [0.25, 0.3) is 0 Å². The highest BCUT2D eigenvalue weighted by atomic mass is 16.3. The van der Waals surface area contributed by atoms with Gasteiger partial charge in [-0.1, -0.05) is 0 Å². The fourth-order valence-electron chi connectivity index (χ4n) is 1.41. The molecule has 7 nitrogen and oxygen atoms in total. The Bertz CT molecular complexity index is 543. The van der Waals surface area contributed by atoms with Gasteiger partial charge in [0.2, 0.25) is 0 Å². The average Bonchev–Trinajstić information content (AvgIpc) is 2.30. The van der Waals surface area contributed by atoms with Crippen molar-refractivity contribution >= 4 is 5.91 Å². The number of carbonyl (C=O) groups is 1. The Morgan fingerprint density at radius 1 is 1.41 bits per heavy atom. The minimum atomic E-state index is -0.636. The molecule has 0 spiro atoms. The molecule has 0 bridgehead atoms. The van der Waals surface area contributed by atoms with E-state index in [0.29, 0.717) is 0 Å². The van der Waals surface area contributed by atoms with Gasteiger partial charge < -0.3 is 14.6 Å². The molecule has 0 saturated carbocycles. The molecule has 0 aliphatic carbocycles. The van der Waals surface area contributed by atoms with Crippen LogP contribution in [0.1, 0.15) is 10.4 Å². The third-order valence-electron chi connectivity index (χ3n) is 2.46. The maximum absolute atomic E-state index is 11.9. The summed E-state index contributed by atoms with van der Waals surface area (Å²) in [5.41, 5.74) is -1.22. The predicted molar refractivity (Wildman–Crippen MR) is 61.0 cm³/mol. The van der Waals surface area contributed by atoms with Crippen LogP contribution < -0.4 is 11.2 Å². The Morgan fingerprint density at radius 3 is 2.53 bits per heavy atom. The molecule has 0 fully saturated rings. The molecule has 7 heteroatoms. The number of aromatic nitrogens is 2. The number of aryl methyl sites for hydroxylation is 1. The van der Waals surface area contributed by atoms with Crippen molar-refractivity contribution in [1.29, 1.82) is 0 Å². The second kappa shape index (κ2) is 4.96. The van der Waals surface area contributed by atoms with E-state index in [1.807, 2.05) is 0 Å². The quantitative estimate of drug-likeness (QED) is 0.673. The van der Waals surface area contributed by atoms with E-state index in [2.05, 4.69) is 0 Å². The van der Waals surface area contributed by atoms with Crippen LogP contribution in [-0.2, 0) is 14.1 Å². The van der Waals surface area contributed by atoms with Gasteiger partial charge in [0.15, 0.2) is 0 Å². The largest absolute Gasteiger partial charge is 0.395 e. The number of likely N-dealkylation sites (N-methyl/N-ethyl adjacent to an activating group) is 1. The number of carbonyl (C=O) groups excluding carboxylic acids is 1. The molecule has 1 N–H and O–H groups in total. The molecular formula is C10H15N3O4. The zero-order valence-electron chi connectivity index (χ0n) is 10.0. The SMILES string of the molecule is CN(CCO)C(=O)c1cn(C)c(=O)n(C)c1=O. The molecule has 1 aromatic rings. The number of hydrogen-bond donors (Lipinski definition) is 1. The summed E-state index contributed by atoms with van der Waals surface area (Å²) >= 11 is 0. The molecule has 1 heterocycles. The second-order valence-corrected chi connectivity index (χ2v) is 3.75. The monoisotopic (exact) mass is 241 g/mol. The van der Waals surface area contributed by atoms with Gasteiger partial charge in [0.25, 0.3) is 11.5 Å². The summed E-state index contributed by atoms with van der Waals surface area (Å²) in [6.45, 7) is -0.0564. The van der Waals surface area contributed by atoms with Gasteiger partial charge in [0, 0.05) is 33.9 Å². The Morgan fingerprint density at radius 2 is 2.00 bits per heavy atom. The zero-order chi connectivity index (χ0) is 13.2. The van der Waals surface area contributed by atoms with Crippen LogP contribution in [0.2, 0.25) is 0 Å². The van der Waals surface area contributed by atoms with Gasteiger partial charge in [0.05, 0.1) is 6.61 Å². The highest BCUT2D eigenvalue weighted by molar-refractivity contribution is 5.93. The lowest BCUT2D eigenvalue weighted by atomic mass is 10.3. The van der Waals surface area contributed by atoms with Gasteiger partial charge >= 0.3 is 5.69 Å². The van der Waals surface area contributed by atoms with Gasteiger partial charge in [0.1, 0.15) is 5.56 Å². The number of aliphatic hydroxyl groups excluding tert-OH is 1. The Balaban J connectivity index is 3.29. The smallest absolute Gasteiger partial charge is 0.330 e. The summed E-state index contributed by atoms with van der Waals surface area (Å²) in [5.74, 6) is -0.518. The molecule has 1 aromatic heterocycles. The van der Waals surface area contributed by atoms with E-state index < -0.39 is 17.2 Å². The molecular weight excluding hydrogens is 226 g/mol. The van der Waals surface area contributed by atoms with Crippen LogP contribution >= 0.6 is 0 Å². The number of aliphatic hydroxyl groups is 1. The van der Waals surface area contributed by atoms with Crippen molar-refractivity contribution in [3.05, 3.63) is 32.6 Å². The summed E-state index contributed by atoms with van der Waals surface area (Å²) in [7, 11) is 4.25. The number of hydrogen-bond acceptors (Lipinski definition) is 4. The summed E-state index contributed by atoms with van der Waals surface area (Å²) in [5, 5.41) is 8.72. The third kappa shape index (κ3) is 2.44. The first-order chi connectivity index (χ1) is 7.90. The minimum absolute atomic E-state index is 0.0921. The van der Waals surface area contributed by atoms with Crippen LogP contribution in [0, 0.1) is 0 Å². The van der Waals surface area contributed by atoms with E-state index in [-0.39, 0.29) is 18.7 Å². The molecule has 0 saturated heterocycles. The van der Waals surface area contributed by atoms with E-state index in [1.54, 1.807) is 0 Å². The molecule has 0 unspecified atom stereocenters. The first-order valence-corrected chi connectivity index (χ1v) is 5.03. The van der Waals surface area contributed by atoms with Crippen molar-refractivity contribution in [2.45, 2.75) is 0 Å². The van der Waals surface area contributed by atoms with E-state index in [4.69, 9.17) is 5.11 Å². The summed E-state index contributed by atoms with van der Waals surface area (Å²) < 4.78 is 2.04. The lowest BCUT2D eigenvalue weighted by Crippen LogP contribution is -2.42. The fourth-order valence-corrected chi connectivity index (χ4v) is 1.41. The first kappa shape index (κ1) is 13.2. The fraction of sp³-hybridized carbons (Fsp3) is 0.500. The van der Waals surface area contributed by atoms with Crippen molar-refractivity contribution in [3.8, 4) is 0 Å². The normalized spacial score (nSPS) is 10.4. The highest BCUT2D eigenvalue weighted by Crippen LogP contribution is 1.95. The van der Waals surface area contributed by atoms with Crippen LogP contribution in [0.15, 0.2) is 15.8 Å². The zero-order valence-corrected chi connectivity index (χ0v) is 10.0.